The molecule has 0 amide bonds. The van der Waals surface area contributed by atoms with Crippen LogP contribution in [0.5, 0.6) is 0 Å². The Bertz CT molecular complexity index is 773. The Morgan fingerprint density at radius 3 is 2.36 bits per heavy atom. The van der Waals surface area contributed by atoms with E-state index in [0.29, 0.717) is 6.04 Å². The van der Waals surface area contributed by atoms with Crippen molar-refractivity contribution in [1.82, 2.24) is 9.80 Å². The van der Waals surface area contributed by atoms with Gasteiger partial charge in [0.1, 0.15) is 0 Å². The lowest BCUT2D eigenvalue weighted by Gasteiger charge is -2.43. The summed E-state index contributed by atoms with van der Waals surface area (Å²) in [7, 11) is 4.39. The summed E-state index contributed by atoms with van der Waals surface area (Å²) >= 11 is 0. The molecule has 2 aromatic rings. The number of hydrogen-bond donors (Lipinski definition) is 1. The van der Waals surface area contributed by atoms with Gasteiger partial charge < -0.3 is 14.9 Å². The van der Waals surface area contributed by atoms with E-state index in [2.05, 4.69) is 66.4 Å². The number of aliphatic hydroxyl groups is 1. The molecule has 0 aromatic heterocycles. The van der Waals surface area contributed by atoms with Crippen LogP contribution >= 0.6 is 0 Å². The predicted molar refractivity (Wildman–Crippen MR) is 118 cm³/mol. The molecule has 1 heterocycles. The quantitative estimate of drug-likeness (QED) is 0.818. The van der Waals surface area contributed by atoms with Crippen molar-refractivity contribution >= 4 is 10.8 Å². The molecule has 28 heavy (non-hydrogen) atoms. The summed E-state index contributed by atoms with van der Waals surface area (Å²) in [5, 5.41) is 14.3. The Morgan fingerprint density at radius 1 is 1.00 bits per heavy atom. The first-order chi connectivity index (χ1) is 13.5. The van der Waals surface area contributed by atoms with Crippen LogP contribution in [0, 0.1) is 0 Å². The van der Waals surface area contributed by atoms with Crippen LogP contribution in [0.2, 0.25) is 0 Å². The van der Waals surface area contributed by atoms with Gasteiger partial charge in [0.15, 0.2) is 0 Å². The average molecular weight is 381 g/mol. The van der Waals surface area contributed by atoms with Gasteiger partial charge in [-0.2, -0.15) is 0 Å². The molecule has 2 fully saturated rings. The molecule has 152 valence electrons. The van der Waals surface area contributed by atoms with Gasteiger partial charge in [-0.25, -0.2) is 0 Å². The van der Waals surface area contributed by atoms with Crippen LogP contribution in [0.1, 0.15) is 56.4 Å². The number of hydrogen-bond acceptors (Lipinski definition) is 3. The van der Waals surface area contributed by atoms with Gasteiger partial charge in [-0.15, -0.1) is 0 Å². The number of piperidine rings is 1. The van der Waals surface area contributed by atoms with Gasteiger partial charge in [-0.05, 0) is 69.2 Å². The van der Waals surface area contributed by atoms with E-state index in [4.69, 9.17) is 0 Å². The molecule has 0 bridgehead atoms. The summed E-state index contributed by atoms with van der Waals surface area (Å²) in [5.74, 6) is 0.202. The largest absolute Gasteiger partial charge is 0.389 e. The molecule has 1 unspecified atom stereocenters. The van der Waals surface area contributed by atoms with E-state index in [1.54, 1.807) is 0 Å². The fourth-order valence-corrected chi connectivity index (χ4v) is 5.40. The molecule has 0 radical (unpaired) electrons. The van der Waals surface area contributed by atoms with Gasteiger partial charge in [-0.1, -0.05) is 61.7 Å². The maximum atomic E-state index is 11.7. The van der Waals surface area contributed by atoms with Crippen LogP contribution in [0.15, 0.2) is 42.5 Å². The molecule has 4 rings (SSSR count). The van der Waals surface area contributed by atoms with E-state index >= 15 is 0 Å². The summed E-state index contributed by atoms with van der Waals surface area (Å²) in [6.07, 6.45) is 7.93. The zero-order valence-corrected chi connectivity index (χ0v) is 17.6. The van der Waals surface area contributed by atoms with Crippen molar-refractivity contribution in [2.75, 3.05) is 33.7 Å². The third-order valence-electron chi connectivity index (χ3n) is 7.27. The van der Waals surface area contributed by atoms with Gasteiger partial charge >= 0.3 is 0 Å². The lowest BCUT2D eigenvalue weighted by molar-refractivity contribution is -0.0335. The van der Waals surface area contributed by atoms with Gasteiger partial charge in [0.2, 0.25) is 0 Å². The van der Waals surface area contributed by atoms with Crippen molar-refractivity contribution in [1.29, 1.82) is 0 Å². The number of nitrogens with zero attached hydrogens (tertiary/aromatic N) is 2. The lowest BCUT2D eigenvalue weighted by Crippen LogP contribution is -2.48. The van der Waals surface area contributed by atoms with Gasteiger partial charge in [-0.3, -0.25) is 0 Å². The standard InChI is InChI=1S/C25H36N2O/c1-26(2)23-12-16-27(17-13-23)19-24(25(28)14-6-3-7-15-25)22-11-10-20-8-4-5-9-21(20)18-22/h4-5,8-11,18,23-24,28H,3,6-7,12-17,19H2,1-2H3. The first kappa shape index (κ1) is 19.9. The van der Waals surface area contributed by atoms with Crippen molar-refractivity contribution in [3.05, 3.63) is 48.0 Å². The van der Waals surface area contributed by atoms with Crippen LogP contribution < -0.4 is 0 Å². The SMILES string of the molecule is CN(C)C1CCN(CC(c2ccc3ccccc3c2)C2(O)CCCCC2)CC1. The van der Waals surface area contributed by atoms with Crippen molar-refractivity contribution in [3.63, 3.8) is 0 Å². The van der Waals surface area contributed by atoms with E-state index in [9.17, 15) is 5.11 Å². The second-order valence-electron chi connectivity index (χ2n) is 9.32. The monoisotopic (exact) mass is 380 g/mol. The molecule has 1 saturated carbocycles. The second kappa shape index (κ2) is 8.52. The normalized spacial score (nSPS) is 22.6. The van der Waals surface area contributed by atoms with Gasteiger partial charge in [0.05, 0.1) is 5.60 Å². The molecular weight excluding hydrogens is 344 g/mol. The van der Waals surface area contributed by atoms with Crippen molar-refractivity contribution in [2.45, 2.75) is 62.5 Å². The Labute approximate surface area is 170 Å². The highest BCUT2D eigenvalue weighted by Gasteiger charge is 2.40. The van der Waals surface area contributed by atoms with Gasteiger partial charge in [0, 0.05) is 18.5 Å². The highest BCUT2D eigenvalue weighted by atomic mass is 16.3. The second-order valence-corrected chi connectivity index (χ2v) is 9.32. The fourth-order valence-electron chi connectivity index (χ4n) is 5.40. The molecule has 1 N–H and O–H groups in total. The number of benzene rings is 2. The molecule has 0 spiro atoms. The molecule has 1 aliphatic heterocycles. The minimum atomic E-state index is -0.556. The van der Waals surface area contributed by atoms with E-state index in [0.717, 1.165) is 45.3 Å². The molecule has 1 aliphatic carbocycles. The van der Waals surface area contributed by atoms with Crippen molar-refractivity contribution < 1.29 is 5.11 Å². The summed E-state index contributed by atoms with van der Waals surface area (Å²) in [6, 6.07) is 16.1. The Kier molecular flexibility index (Phi) is 6.05. The molecule has 2 aliphatic rings. The van der Waals surface area contributed by atoms with Crippen LogP contribution in [-0.2, 0) is 0 Å². The summed E-state index contributed by atoms with van der Waals surface area (Å²) in [4.78, 5) is 4.97. The third-order valence-corrected chi connectivity index (χ3v) is 7.27. The zero-order chi connectivity index (χ0) is 19.6. The Balaban J connectivity index is 1.58. The molecular formula is C25H36N2O. The minimum absolute atomic E-state index is 0.202. The van der Waals surface area contributed by atoms with E-state index < -0.39 is 5.60 Å². The van der Waals surface area contributed by atoms with Crippen LogP contribution in [-0.4, -0.2) is 60.3 Å². The van der Waals surface area contributed by atoms with Crippen LogP contribution in [0.25, 0.3) is 10.8 Å². The third kappa shape index (κ3) is 4.27. The first-order valence-corrected chi connectivity index (χ1v) is 11.1. The van der Waals surface area contributed by atoms with Gasteiger partial charge in [0.25, 0.3) is 0 Å². The molecule has 3 nitrogen and oxygen atoms in total. The minimum Gasteiger partial charge on any atom is -0.389 e. The number of rotatable bonds is 5. The van der Waals surface area contributed by atoms with E-state index in [-0.39, 0.29) is 5.92 Å². The number of likely N-dealkylation sites (tertiary alicyclic amines) is 1. The maximum Gasteiger partial charge on any atom is 0.0728 e. The summed E-state index contributed by atoms with van der Waals surface area (Å²) in [5.41, 5.74) is 0.761. The van der Waals surface area contributed by atoms with Crippen LogP contribution in [0.3, 0.4) is 0 Å². The fraction of sp³-hybridized carbons (Fsp3) is 0.600. The smallest absolute Gasteiger partial charge is 0.0728 e. The molecule has 2 aromatic carbocycles. The summed E-state index contributed by atoms with van der Waals surface area (Å²) < 4.78 is 0. The zero-order valence-electron chi connectivity index (χ0n) is 17.6. The lowest BCUT2D eigenvalue weighted by atomic mass is 9.72. The highest BCUT2D eigenvalue weighted by Crippen LogP contribution is 2.41. The van der Waals surface area contributed by atoms with Crippen LogP contribution in [0.4, 0.5) is 0 Å². The first-order valence-electron chi connectivity index (χ1n) is 11.1. The van der Waals surface area contributed by atoms with Crippen molar-refractivity contribution in [2.24, 2.45) is 0 Å². The topological polar surface area (TPSA) is 26.7 Å². The highest BCUT2D eigenvalue weighted by molar-refractivity contribution is 5.83. The summed E-state index contributed by atoms with van der Waals surface area (Å²) in [6.45, 7) is 3.26. The van der Waals surface area contributed by atoms with E-state index in [1.165, 1.54) is 35.6 Å². The van der Waals surface area contributed by atoms with E-state index in [1.807, 2.05) is 0 Å². The predicted octanol–water partition coefficient (Wildman–Crippen LogP) is 4.64. The molecule has 3 heteroatoms. The molecule has 1 saturated heterocycles. The average Bonchev–Trinajstić information content (AvgIpc) is 2.72. The Morgan fingerprint density at radius 2 is 1.68 bits per heavy atom. The molecule has 1 atom stereocenters. The Hall–Kier alpha value is -1.42. The maximum absolute atomic E-state index is 11.7. The number of fused-ring (bicyclic) bond motifs is 1. The van der Waals surface area contributed by atoms with Crippen molar-refractivity contribution in [3.8, 4) is 0 Å².